The fraction of sp³-hybridized carbons (Fsp3) is 0.667. The second-order valence-electron chi connectivity index (χ2n) is 10.5. The zero-order valence-corrected chi connectivity index (χ0v) is 22.1. The molecule has 0 aliphatic carbocycles. The number of amides is 3. The van der Waals surface area contributed by atoms with E-state index in [0.717, 1.165) is 13.1 Å². The third-order valence-corrected chi connectivity index (χ3v) is 8.29. The van der Waals surface area contributed by atoms with Gasteiger partial charge in [-0.15, -0.1) is 0 Å². The Morgan fingerprint density at radius 1 is 1.21 bits per heavy atom. The summed E-state index contributed by atoms with van der Waals surface area (Å²) in [6, 6.07) is 5.58. The van der Waals surface area contributed by atoms with Gasteiger partial charge in [0.2, 0.25) is 17.7 Å². The Hall–Kier alpha value is -2.73. The summed E-state index contributed by atoms with van der Waals surface area (Å²) < 4.78 is 17.3. The molecule has 38 heavy (non-hydrogen) atoms. The number of benzene rings is 1. The van der Waals surface area contributed by atoms with Gasteiger partial charge in [0.25, 0.3) is 0 Å². The molecule has 2 bridgehead atoms. The number of nitrogens with zero attached hydrogens (tertiary/aromatic N) is 2. The number of rotatable bonds is 10. The molecule has 3 amide bonds. The van der Waals surface area contributed by atoms with E-state index in [0.29, 0.717) is 57.2 Å². The number of likely N-dealkylation sites (tertiary alicyclic amines) is 1. The first-order valence-electron chi connectivity index (χ1n) is 13.6. The Morgan fingerprint density at radius 2 is 1.95 bits per heavy atom. The van der Waals surface area contributed by atoms with Gasteiger partial charge in [0.05, 0.1) is 50.4 Å². The number of anilines is 1. The summed E-state index contributed by atoms with van der Waals surface area (Å²) in [5, 5.41) is 15.9. The normalized spacial score (nSPS) is 31.2. The highest BCUT2D eigenvalue weighted by molar-refractivity contribution is 6.02. The lowest BCUT2D eigenvalue weighted by Gasteiger charge is -2.35. The molecule has 4 fully saturated rings. The van der Waals surface area contributed by atoms with E-state index >= 15 is 0 Å². The summed E-state index contributed by atoms with van der Waals surface area (Å²) in [4.78, 5) is 44.6. The first-order chi connectivity index (χ1) is 18.4. The van der Waals surface area contributed by atoms with Gasteiger partial charge in [-0.2, -0.15) is 0 Å². The Balaban J connectivity index is 1.33. The van der Waals surface area contributed by atoms with E-state index < -0.39 is 35.6 Å². The van der Waals surface area contributed by atoms with Crippen molar-refractivity contribution in [2.75, 3.05) is 57.9 Å². The Morgan fingerprint density at radius 3 is 2.63 bits per heavy atom. The molecule has 11 nitrogen and oxygen atoms in total. The van der Waals surface area contributed by atoms with Crippen molar-refractivity contribution in [3.63, 3.8) is 0 Å². The van der Waals surface area contributed by atoms with Crippen LogP contribution in [0.3, 0.4) is 0 Å². The smallest absolute Gasteiger partial charge is 0.245 e. The maximum absolute atomic E-state index is 13.8. The van der Waals surface area contributed by atoms with Crippen molar-refractivity contribution in [3.8, 4) is 5.75 Å². The minimum atomic E-state index is -1.09. The van der Waals surface area contributed by atoms with Gasteiger partial charge in [0.1, 0.15) is 17.4 Å². The molecule has 5 rings (SSSR count). The lowest BCUT2D eigenvalue weighted by molar-refractivity contribution is -0.144. The molecule has 1 spiro atoms. The Bertz CT molecular complexity index is 1030. The van der Waals surface area contributed by atoms with Crippen LogP contribution < -0.4 is 15.4 Å². The maximum atomic E-state index is 13.8. The number of aliphatic hydroxyl groups excluding tert-OH is 1. The van der Waals surface area contributed by atoms with Crippen LogP contribution in [0, 0.1) is 11.8 Å². The quantitative estimate of drug-likeness (QED) is 0.392. The predicted octanol–water partition coefficient (Wildman–Crippen LogP) is 0.228. The van der Waals surface area contributed by atoms with Crippen molar-refractivity contribution in [2.45, 2.75) is 50.5 Å². The lowest BCUT2D eigenvalue weighted by atomic mass is 9.70. The molecule has 4 heterocycles. The highest BCUT2D eigenvalue weighted by atomic mass is 16.5. The van der Waals surface area contributed by atoms with E-state index in [1.807, 2.05) is 6.92 Å². The molecule has 0 aromatic heterocycles. The fourth-order valence-electron chi connectivity index (χ4n) is 6.54. The molecule has 1 aromatic rings. The number of morpholine rings is 1. The Kier molecular flexibility index (Phi) is 7.90. The number of aliphatic hydroxyl groups is 1. The van der Waals surface area contributed by atoms with E-state index in [9.17, 15) is 19.5 Å². The molecule has 208 valence electrons. The third-order valence-electron chi connectivity index (χ3n) is 8.29. The maximum Gasteiger partial charge on any atom is 0.245 e. The molecule has 1 aromatic carbocycles. The summed E-state index contributed by atoms with van der Waals surface area (Å²) in [6.07, 6.45) is 0.656. The highest BCUT2D eigenvalue weighted by Gasteiger charge is 2.74. The van der Waals surface area contributed by atoms with Crippen LogP contribution in [-0.2, 0) is 23.9 Å². The molecule has 0 radical (unpaired) electrons. The molecule has 11 heteroatoms. The van der Waals surface area contributed by atoms with Crippen molar-refractivity contribution in [1.29, 1.82) is 0 Å². The van der Waals surface area contributed by atoms with E-state index in [-0.39, 0.29) is 24.3 Å². The molecular weight excluding hydrogens is 492 g/mol. The largest absolute Gasteiger partial charge is 0.494 e. The van der Waals surface area contributed by atoms with E-state index in [4.69, 9.17) is 14.2 Å². The first-order valence-corrected chi connectivity index (χ1v) is 13.6. The van der Waals surface area contributed by atoms with E-state index in [2.05, 4.69) is 15.5 Å². The first kappa shape index (κ1) is 26.9. The van der Waals surface area contributed by atoms with Crippen molar-refractivity contribution in [2.24, 2.45) is 11.8 Å². The number of hydrogen-bond donors (Lipinski definition) is 3. The van der Waals surface area contributed by atoms with Gasteiger partial charge >= 0.3 is 0 Å². The van der Waals surface area contributed by atoms with Crippen LogP contribution in [0.4, 0.5) is 5.69 Å². The topological polar surface area (TPSA) is 130 Å². The lowest BCUT2D eigenvalue weighted by Crippen LogP contribution is -2.58. The standard InChI is InChI=1S/C27H38N4O7/c1-3-37-19-6-4-18(5-7-19)29-24(33)21-20-8-9-27(38-20)22(21)26(35)31(17(2)16-32)23(27)25(34)28-10-11-30-12-14-36-15-13-30/h4-7,17,20-23,32H,3,8-16H2,1-2H3,(H,28,34)(H,29,33)/t17-,20+,21-,22+,23?,27?/m1/s1. The van der Waals surface area contributed by atoms with Gasteiger partial charge in [-0.05, 0) is 51.0 Å². The number of hydrogen-bond acceptors (Lipinski definition) is 8. The monoisotopic (exact) mass is 530 g/mol. The molecule has 3 N–H and O–H groups in total. The van der Waals surface area contributed by atoms with Crippen molar-refractivity contribution < 1.29 is 33.7 Å². The summed E-state index contributed by atoms with van der Waals surface area (Å²) in [5.41, 5.74) is -0.492. The van der Waals surface area contributed by atoms with Crippen molar-refractivity contribution >= 4 is 23.4 Å². The third kappa shape index (κ3) is 4.76. The summed E-state index contributed by atoms with van der Waals surface area (Å²) in [7, 11) is 0. The van der Waals surface area contributed by atoms with Gasteiger partial charge in [0.15, 0.2) is 0 Å². The SMILES string of the molecule is CCOc1ccc(NC(=O)[C@@H]2[C@@H]3CCC4(O3)C(C(=O)NCCN3CCOCC3)N([C@H](C)CO)C(=O)[C@H]24)cc1. The number of carbonyl (C=O) groups excluding carboxylic acids is 3. The van der Waals surface area contributed by atoms with Gasteiger partial charge in [-0.3, -0.25) is 19.3 Å². The number of ether oxygens (including phenoxy) is 3. The van der Waals surface area contributed by atoms with Crippen LogP contribution in [-0.4, -0.2) is 109 Å². The van der Waals surface area contributed by atoms with Crippen molar-refractivity contribution in [1.82, 2.24) is 15.1 Å². The molecule has 4 saturated heterocycles. The van der Waals surface area contributed by atoms with Crippen LogP contribution >= 0.6 is 0 Å². The number of fused-ring (bicyclic) bond motifs is 1. The van der Waals surface area contributed by atoms with Crippen LogP contribution in [0.25, 0.3) is 0 Å². The average Bonchev–Trinajstić information content (AvgIpc) is 3.57. The fourth-order valence-corrected chi connectivity index (χ4v) is 6.54. The average molecular weight is 531 g/mol. The molecule has 2 unspecified atom stereocenters. The second kappa shape index (κ2) is 11.2. The molecule has 6 atom stereocenters. The molecular formula is C27H38N4O7. The van der Waals surface area contributed by atoms with Crippen molar-refractivity contribution in [3.05, 3.63) is 24.3 Å². The molecule has 4 aliphatic rings. The number of nitrogens with one attached hydrogen (secondary N) is 2. The second-order valence-corrected chi connectivity index (χ2v) is 10.5. The Labute approximate surface area is 222 Å². The van der Waals surface area contributed by atoms with Crippen LogP contribution in [0.2, 0.25) is 0 Å². The van der Waals surface area contributed by atoms with Gasteiger partial charge in [0, 0.05) is 31.9 Å². The van der Waals surface area contributed by atoms with Gasteiger partial charge in [-0.25, -0.2) is 0 Å². The van der Waals surface area contributed by atoms with Gasteiger partial charge in [-0.1, -0.05) is 0 Å². The molecule has 0 saturated carbocycles. The number of carbonyl (C=O) groups is 3. The van der Waals surface area contributed by atoms with Crippen LogP contribution in [0.1, 0.15) is 26.7 Å². The summed E-state index contributed by atoms with van der Waals surface area (Å²) in [6.45, 7) is 7.95. The van der Waals surface area contributed by atoms with E-state index in [1.165, 1.54) is 4.90 Å². The zero-order chi connectivity index (χ0) is 26.9. The predicted molar refractivity (Wildman–Crippen MR) is 138 cm³/mol. The summed E-state index contributed by atoms with van der Waals surface area (Å²) >= 11 is 0. The minimum Gasteiger partial charge on any atom is -0.494 e. The summed E-state index contributed by atoms with van der Waals surface area (Å²) in [5.74, 6) is -1.72. The van der Waals surface area contributed by atoms with E-state index in [1.54, 1.807) is 31.2 Å². The molecule has 4 aliphatic heterocycles. The van der Waals surface area contributed by atoms with Crippen LogP contribution in [0.5, 0.6) is 5.75 Å². The van der Waals surface area contributed by atoms with Crippen LogP contribution in [0.15, 0.2) is 24.3 Å². The zero-order valence-electron chi connectivity index (χ0n) is 22.1. The van der Waals surface area contributed by atoms with Gasteiger partial charge < -0.3 is 34.9 Å². The minimum absolute atomic E-state index is 0.293. The highest BCUT2D eigenvalue weighted by Crippen LogP contribution is 2.58.